The summed E-state index contributed by atoms with van der Waals surface area (Å²) in [6.07, 6.45) is 5.93. The van der Waals surface area contributed by atoms with E-state index in [1.165, 1.54) is 6.07 Å². The predicted molar refractivity (Wildman–Crippen MR) is 104 cm³/mol. The van der Waals surface area contributed by atoms with Crippen LogP contribution in [0.1, 0.15) is 58.9 Å². The van der Waals surface area contributed by atoms with Gasteiger partial charge in [0.1, 0.15) is 0 Å². The van der Waals surface area contributed by atoms with Crippen molar-refractivity contribution in [3.05, 3.63) is 28.4 Å². The Morgan fingerprint density at radius 1 is 1.32 bits per heavy atom. The maximum Gasteiger partial charge on any atom is 0.311 e. The minimum absolute atomic E-state index is 0.0427. The Labute approximate surface area is 164 Å². The third kappa shape index (κ3) is 4.61. The molecular formula is C20H27N3O5. The number of hydrogen-bond donors (Lipinski definition) is 0. The summed E-state index contributed by atoms with van der Waals surface area (Å²) < 4.78 is 12.6. The van der Waals surface area contributed by atoms with Gasteiger partial charge in [0.05, 0.1) is 29.2 Å². The van der Waals surface area contributed by atoms with Crippen LogP contribution in [0.4, 0.5) is 5.69 Å². The normalized spacial score (nSPS) is 19.7. The third-order valence-electron chi connectivity index (χ3n) is 5.11. The van der Waals surface area contributed by atoms with E-state index in [2.05, 4.69) is 5.10 Å². The van der Waals surface area contributed by atoms with Crippen LogP contribution in [0.15, 0.2) is 18.3 Å². The molecule has 1 aliphatic carbocycles. The Balaban J connectivity index is 1.74. The largest absolute Gasteiger partial charge is 0.484 e. The van der Waals surface area contributed by atoms with Gasteiger partial charge < -0.3 is 9.47 Å². The molecule has 0 bridgehead atoms. The molecule has 0 aliphatic heterocycles. The van der Waals surface area contributed by atoms with E-state index in [1.807, 2.05) is 31.6 Å². The van der Waals surface area contributed by atoms with E-state index in [0.717, 1.165) is 31.1 Å². The van der Waals surface area contributed by atoms with E-state index in [0.29, 0.717) is 24.5 Å². The van der Waals surface area contributed by atoms with Gasteiger partial charge in [-0.15, -0.1) is 0 Å². The van der Waals surface area contributed by atoms with Crippen molar-refractivity contribution >= 4 is 22.6 Å². The molecular weight excluding hydrogens is 362 g/mol. The van der Waals surface area contributed by atoms with E-state index in [4.69, 9.17) is 9.47 Å². The predicted octanol–water partition coefficient (Wildman–Crippen LogP) is 4.42. The van der Waals surface area contributed by atoms with Crippen molar-refractivity contribution in [2.24, 2.45) is 5.92 Å². The third-order valence-corrected chi connectivity index (χ3v) is 5.11. The molecule has 1 saturated carbocycles. The van der Waals surface area contributed by atoms with Gasteiger partial charge in [0, 0.05) is 30.1 Å². The van der Waals surface area contributed by atoms with Gasteiger partial charge in [-0.1, -0.05) is 0 Å². The van der Waals surface area contributed by atoms with Crippen LogP contribution in [-0.2, 0) is 9.53 Å². The zero-order valence-electron chi connectivity index (χ0n) is 16.6. The topological polar surface area (TPSA) is 96.5 Å². The fraction of sp³-hybridized carbons (Fsp3) is 0.600. The van der Waals surface area contributed by atoms with Crippen LogP contribution in [0.2, 0.25) is 0 Å². The zero-order valence-corrected chi connectivity index (χ0v) is 16.6. The molecule has 0 N–H and O–H groups in total. The van der Waals surface area contributed by atoms with Gasteiger partial charge in [0.15, 0.2) is 5.75 Å². The first-order valence-electron chi connectivity index (χ1n) is 9.87. The molecule has 3 rings (SSSR count). The molecule has 28 heavy (non-hydrogen) atoms. The maximum absolute atomic E-state index is 11.7. The zero-order chi connectivity index (χ0) is 20.3. The van der Waals surface area contributed by atoms with E-state index in [1.54, 1.807) is 6.07 Å². The Morgan fingerprint density at radius 2 is 2.04 bits per heavy atom. The number of nitrogens with zero attached hydrogens (tertiary/aromatic N) is 3. The minimum atomic E-state index is -0.422. The molecule has 8 heteroatoms. The molecule has 0 atom stereocenters. The number of esters is 1. The quantitative estimate of drug-likeness (QED) is 0.395. The molecule has 1 fully saturated rings. The Morgan fingerprint density at radius 3 is 2.64 bits per heavy atom. The maximum atomic E-state index is 11.7. The highest BCUT2D eigenvalue weighted by Gasteiger charge is 2.26. The fourth-order valence-corrected chi connectivity index (χ4v) is 3.81. The average Bonchev–Trinajstić information content (AvgIpc) is 3.04. The van der Waals surface area contributed by atoms with Crippen LogP contribution in [0.3, 0.4) is 0 Å². The highest BCUT2D eigenvalue weighted by atomic mass is 16.6. The molecule has 1 heterocycles. The van der Waals surface area contributed by atoms with Crippen LogP contribution in [0, 0.1) is 16.0 Å². The van der Waals surface area contributed by atoms with Crippen molar-refractivity contribution < 1.29 is 19.2 Å². The number of ether oxygens (including phenoxy) is 2. The van der Waals surface area contributed by atoms with Gasteiger partial charge >= 0.3 is 11.7 Å². The summed E-state index contributed by atoms with van der Waals surface area (Å²) in [5, 5.41) is 16.8. The Kier molecular flexibility index (Phi) is 6.16. The molecule has 1 aromatic carbocycles. The summed E-state index contributed by atoms with van der Waals surface area (Å²) in [7, 11) is 0. The molecule has 0 spiro atoms. The van der Waals surface area contributed by atoms with Gasteiger partial charge in [0.25, 0.3) is 0 Å². The van der Waals surface area contributed by atoms with E-state index >= 15 is 0 Å². The lowest BCUT2D eigenvalue weighted by Crippen LogP contribution is -2.21. The number of nitro benzene ring substituents is 1. The minimum Gasteiger partial charge on any atom is -0.484 e. The smallest absolute Gasteiger partial charge is 0.311 e. The van der Waals surface area contributed by atoms with Crippen LogP contribution >= 0.6 is 0 Å². The van der Waals surface area contributed by atoms with Crippen LogP contribution in [0.5, 0.6) is 5.75 Å². The standard InChI is InChI=1S/C20H27N3O5/c1-4-27-20(24)9-14-5-7-16(8-6-14)22-12-15-10-18(23(25)26)19(28-13(2)3)11-17(15)21-22/h10-14,16H,4-9H2,1-3H3. The molecule has 8 nitrogen and oxygen atoms in total. The summed E-state index contributed by atoms with van der Waals surface area (Å²) in [5.41, 5.74) is 0.647. The number of aromatic nitrogens is 2. The number of carbonyl (C=O) groups is 1. The van der Waals surface area contributed by atoms with Gasteiger partial charge in [-0.2, -0.15) is 5.10 Å². The van der Waals surface area contributed by atoms with Crippen LogP contribution in [0.25, 0.3) is 10.9 Å². The molecule has 0 amide bonds. The van der Waals surface area contributed by atoms with Crippen molar-refractivity contribution in [3.8, 4) is 5.75 Å². The number of rotatable bonds is 7. The Bertz CT molecular complexity index is 853. The average molecular weight is 389 g/mol. The molecule has 0 unspecified atom stereocenters. The van der Waals surface area contributed by atoms with Crippen molar-refractivity contribution in [3.63, 3.8) is 0 Å². The van der Waals surface area contributed by atoms with Crippen molar-refractivity contribution in [1.82, 2.24) is 9.78 Å². The molecule has 0 radical (unpaired) electrons. The summed E-state index contributed by atoms with van der Waals surface area (Å²) >= 11 is 0. The SMILES string of the molecule is CCOC(=O)CC1CCC(n2cc3cc([N+](=O)[O-])c(OC(C)C)cc3n2)CC1. The second-order valence-electron chi connectivity index (χ2n) is 7.60. The van der Waals surface area contributed by atoms with Gasteiger partial charge in [-0.25, -0.2) is 0 Å². The second-order valence-corrected chi connectivity index (χ2v) is 7.60. The van der Waals surface area contributed by atoms with E-state index in [9.17, 15) is 14.9 Å². The lowest BCUT2D eigenvalue weighted by atomic mass is 9.84. The van der Waals surface area contributed by atoms with Crippen molar-refractivity contribution in [2.45, 2.75) is 65.0 Å². The number of fused-ring (bicyclic) bond motifs is 1. The lowest BCUT2D eigenvalue weighted by Gasteiger charge is -2.28. The molecule has 2 aromatic rings. The number of benzene rings is 1. The summed E-state index contributed by atoms with van der Waals surface area (Å²) in [4.78, 5) is 22.6. The summed E-state index contributed by atoms with van der Waals surface area (Å²) in [6.45, 7) is 5.91. The first-order valence-corrected chi connectivity index (χ1v) is 9.87. The van der Waals surface area contributed by atoms with Crippen LogP contribution in [-0.4, -0.2) is 33.4 Å². The van der Waals surface area contributed by atoms with E-state index in [-0.39, 0.29) is 29.6 Å². The first kappa shape index (κ1) is 20.1. The molecule has 1 aromatic heterocycles. The van der Waals surface area contributed by atoms with Gasteiger partial charge in [-0.05, 0) is 52.4 Å². The van der Waals surface area contributed by atoms with Crippen molar-refractivity contribution in [2.75, 3.05) is 6.61 Å². The summed E-state index contributed by atoms with van der Waals surface area (Å²) in [5.74, 6) is 0.476. The monoisotopic (exact) mass is 389 g/mol. The fourth-order valence-electron chi connectivity index (χ4n) is 3.81. The van der Waals surface area contributed by atoms with Gasteiger partial charge in [0.2, 0.25) is 0 Å². The number of nitro groups is 1. The number of hydrogen-bond acceptors (Lipinski definition) is 6. The second kappa shape index (κ2) is 8.58. The summed E-state index contributed by atoms with van der Waals surface area (Å²) in [6, 6.07) is 3.42. The Hall–Kier alpha value is -2.64. The highest BCUT2D eigenvalue weighted by Crippen LogP contribution is 2.36. The molecule has 152 valence electrons. The molecule has 0 saturated heterocycles. The highest BCUT2D eigenvalue weighted by molar-refractivity contribution is 5.83. The number of carbonyl (C=O) groups excluding carboxylic acids is 1. The van der Waals surface area contributed by atoms with E-state index < -0.39 is 4.92 Å². The van der Waals surface area contributed by atoms with Gasteiger partial charge in [-0.3, -0.25) is 19.6 Å². The van der Waals surface area contributed by atoms with Crippen molar-refractivity contribution in [1.29, 1.82) is 0 Å². The van der Waals surface area contributed by atoms with Crippen LogP contribution < -0.4 is 4.74 Å². The molecule has 1 aliphatic rings. The lowest BCUT2D eigenvalue weighted by molar-refractivity contribution is -0.385. The first-order chi connectivity index (χ1) is 13.4.